The Balaban J connectivity index is 2.62. The van der Waals surface area contributed by atoms with Crippen LogP contribution in [-0.2, 0) is 4.74 Å². The monoisotopic (exact) mass is 270 g/mol. The van der Waals surface area contributed by atoms with Gasteiger partial charge >= 0.3 is 6.09 Å². The number of thiazole rings is 1. The van der Waals surface area contributed by atoms with E-state index >= 15 is 0 Å². The SMILES string of the molecule is CC(=O)c1csc(C(C)NC(=O)OC(C)(C)C)n1. The average molecular weight is 270 g/mol. The number of amides is 1. The van der Waals surface area contributed by atoms with Crippen molar-refractivity contribution in [2.24, 2.45) is 0 Å². The Morgan fingerprint density at radius 2 is 2.06 bits per heavy atom. The first kappa shape index (κ1) is 14.6. The number of ketones is 1. The summed E-state index contributed by atoms with van der Waals surface area (Å²) in [4.78, 5) is 26.8. The Morgan fingerprint density at radius 3 is 2.50 bits per heavy atom. The minimum absolute atomic E-state index is 0.0815. The van der Waals surface area contributed by atoms with E-state index in [-0.39, 0.29) is 11.8 Å². The molecule has 0 fully saturated rings. The zero-order valence-electron chi connectivity index (χ0n) is 11.2. The molecule has 0 radical (unpaired) electrons. The number of carbonyl (C=O) groups is 2. The van der Waals surface area contributed by atoms with Gasteiger partial charge in [0.2, 0.25) is 0 Å². The topological polar surface area (TPSA) is 68.3 Å². The summed E-state index contributed by atoms with van der Waals surface area (Å²) in [5.74, 6) is -0.0815. The number of nitrogens with zero attached hydrogens (tertiary/aromatic N) is 1. The van der Waals surface area contributed by atoms with Gasteiger partial charge in [0.1, 0.15) is 16.3 Å². The fourth-order valence-corrected chi connectivity index (χ4v) is 2.06. The van der Waals surface area contributed by atoms with E-state index in [1.54, 1.807) is 33.1 Å². The summed E-state index contributed by atoms with van der Waals surface area (Å²) < 4.78 is 5.14. The predicted molar refractivity (Wildman–Crippen MR) is 69.9 cm³/mol. The van der Waals surface area contributed by atoms with Crippen molar-refractivity contribution in [2.75, 3.05) is 0 Å². The van der Waals surface area contributed by atoms with Crippen molar-refractivity contribution in [2.45, 2.75) is 46.3 Å². The largest absolute Gasteiger partial charge is 0.444 e. The van der Waals surface area contributed by atoms with E-state index in [0.29, 0.717) is 10.7 Å². The molecule has 0 aliphatic rings. The molecule has 0 spiro atoms. The van der Waals surface area contributed by atoms with Gasteiger partial charge in [0.05, 0.1) is 6.04 Å². The van der Waals surface area contributed by atoms with Crippen molar-refractivity contribution in [3.05, 3.63) is 16.1 Å². The number of hydrogen-bond acceptors (Lipinski definition) is 5. The van der Waals surface area contributed by atoms with Crippen molar-refractivity contribution in [3.8, 4) is 0 Å². The Hall–Kier alpha value is -1.43. The predicted octanol–water partition coefficient (Wildman–Crippen LogP) is 2.93. The zero-order chi connectivity index (χ0) is 13.9. The summed E-state index contributed by atoms with van der Waals surface area (Å²) in [6, 6.07) is -0.280. The lowest BCUT2D eigenvalue weighted by molar-refractivity contribution is 0.0508. The van der Waals surface area contributed by atoms with Gasteiger partial charge in [0.25, 0.3) is 0 Å². The Morgan fingerprint density at radius 1 is 1.44 bits per heavy atom. The van der Waals surface area contributed by atoms with Crippen LogP contribution in [0.5, 0.6) is 0 Å². The highest BCUT2D eigenvalue weighted by molar-refractivity contribution is 7.09. The normalized spacial score (nSPS) is 12.9. The number of Topliss-reactive ketones (excluding diaryl/α,β-unsaturated/α-hetero) is 1. The molecule has 0 aromatic carbocycles. The molecule has 6 heteroatoms. The van der Waals surface area contributed by atoms with Crippen LogP contribution in [-0.4, -0.2) is 22.5 Å². The molecule has 1 aromatic rings. The van der Waals surface area contributed by atoms with Crippen LogP contribution >= 0.6 is 11.3 Å². The summed E-state index contributed by atoms with van der Waals surface area (Å²) in [6.45, 7) is 8.66. The van der Waals surface area contributed by atoms with Crippen molar-refractivity contribution in [1.82, 2.24) is 10.3 Å². The second kappa shape index (κ2) is 5.48. The lowest BCUT2D eigenvalue weighted by atomic mass is 10.2. The van der Waals surface area contributed by atoms with Crippen molar-refractivity contribution >= 4 is 23.2 Å². The van der Waals surface area contributed by atoms with E-state index in [9.17, 15) is 9.59 Å². The summed E-state index contributed by atoms with van der Waals surface area (Å²) >= 11 is 1.34. The van der Waals surface area contributed by atoms with E-state index in [0.717, 1.165) is 0 Å². The number of nitrogens with one attached hydrogen (secondary N) is 1. The molecule has 1 N–H and O–H groups in total. The number of ether oxygens (including phenoxy) is 1. The van der Waals surface area contributed by atoms with Gasteiger partial charge in [-0.1, -0.05) is 0 Å². The van der Waals surface area contributed by atoms with Gasteiger partial charge in [0.15, 0.2) is 5.78 Å². The maximum Gasteiger partial charge on any atom is 0.408 e. The zero-order valence-corrected chi connectivity index (χ0v) is 12.1. The van der Waals surface area contributed by atoms with Gasteiger partial charge < -0.3 is 10.1 Å². The standard InChI is InChI=1S/C12H18N2O3S/c1-7(13-11(16)17-12(3,4)5)10-14-9(6-18-10)8(2)15/h6-7H,1-5H3,(H,13,16). The number of alkyl carbamates (subject to hydrolysis) is 1. The number of rotatable bonds is 3. The lowest BCUT2D eigenvalue weighted by Crippen LogP contribution is -2.34. The molecular weight excluding hydrogens is 252 g/mol. The third-order valence-electron chi connectivity index (χ3n) is 1.99. The van der Waals surface area contributed by atoms with Crippen LogP contribution < -0.4 is 5.32 Å². The van der Waals surface area contributed by atoms with Gasteiger partial charge in [-0.3, -0.25) is 4.79 Å². The Kier molecular flexibility index (Phi) is 4.45. The fraction of sp³-hybridized carbons (Fsp3) is 0.583. The maximum absolute atomic E-state index is 11.6. The molecule has 1 atom stereocenters. The van der Waals surface area contributed by atoms with E-state index in [4.69, 9.17) is 4.74 Å². The van der Waals surface area contributed by atoms with Crippen LogP contribution in [0.2, 0.25) is 0 Å². The van der Waals surface area contributed by atoms with Crippen LogP contribution in [0.3, 0.4) is 0 Å². The van der Waals surface area contributed by atoms with Crippen LogP contribution in [0.1, 0.15) is 56.2 Å². The van der Waals surface area contributed by atoms with Crippen LogP contribution in [0.25, 0.3) is 0 Å². The second-order valence-electron chi connectivity index (χ2n) is 5.00. The number of hydrogen-bond donors (Lipinski definition) is 1. The third-order valence-corrected chi connectivity index (χ3v) is 3.01. The highest BCUT2D eigenvalue weighted by Gasteiger charge is 2.20. The fourth-order valence-electron chi connectivity index (χ4n) is 1.19. The molecule has 1 heterocycles. The molecule has 0 aliphatic carbocycles. The first-order valence-electron chi connectivity index (χ1n) is 5.65. The molecule has 0 aliphatic heterocycles. The van der Waals surface area contributed by atoms with Crippen molar-refractivity contribution < 1.29 is 14.3 Å². The van der Waals surface area contributed by atoms with Gasteiger partial charge in [-0.2, -0.15) is 0 Å². The van der Waals surface area contributed by atoms with Crippen molar-refractivity contribution in [1.29, 1.82) is 0 Å². The molecule has 5 nitrogen and oxygen atoms in total. The van der Waals surface area contributed by atoms with Gasteiger partial charge in [-0.25, -0.2) is 9.78 Å². The number of carbonyl (C=O) groups excluding carboxylic acids is 2. The first-order valence-corrected chi connectivity index (χ1v) is 6.53. The molecular formula is C12H18N2O3S. The summed E-state index contributed by atoms with van der Waals surface area (Å²) in [5, 5.41) is 5.05. The molecule has 1 unspecified atom stereocenters. The summed E-state index contributed by atoms with van der Waals surface area (Å²) in [6.07, 6.45) is -0.491. The summed E-state index contributed by atoms with van der Waals surface area (Å²) in [5.41, 5.74) is -0.107. The molecule has 0 saturated heterocycles. The van der Waals surface area contributed by atoms with E-state index < -0.39 is 11.7 Å². The molecule has 1 aromatic heterocycles. The minimum Gasteiger partial charge on any atom is -0.444 e. The molecule has 1 rings (SSSR count). The van der Waals surface area contributed by atoms with Crippen molar-refractivity contribution in [3.63, 3.8) is 0 Å². The minimum atomic E-state index is -0.531. The smallest absolute Gasteiger partial charge is 0.408 e. The lowest BCUT2D eigenvalue weighted by Gasteiger charge is -2.21. The highest BCUT2D eigenvalue weighted by atomic mass is 32.1. The quantitative estimate of drug-likeness (QED) is 0.857. The van der Waals surface area contributed by atoms with Gasteiger partial charge in [-0.05, 0) is 27.7 Å². The van der Waals surface area contributed by atoms with Crippen LogP contribution in [0, 0.1) is 0 Å². The van der Waals surface area contributed by atoms with Gasteiger partial charge in [-0.15, -0.1) is 11.3 Å². The van der Waals surface area contributed by atoms with Crippen LogP contribution in [0.15, 0.2) is 5.38 Å². The van der Waals surface area contributed by atoms with E-state index in [2.05, 4.69) is 10.3 Å². The molecule has 0 saturated carbocycles. The summed E-state index contributed by atoms with van der Waals surface area (Å²) in [7, 11) is 0. The molecule has 100 valence electrons. The molecule has 18 heavy (non-hydrogen) atoms. The van der Waals surface area contributed by atoms with E-state index in [1.807, 2.05) is 0 Å². The number of aromatic nitrogens is 1. The average Bonchev–Trinajstić information content (AvgIpc) is 2.62. The van der Waals surface area contributed by atoms with Gasteiger partial charge in [0, 0.05) is 12.3 Å². The Bertz CT molecular complexity index is 448. The third kappa shape index (κ3) is 4.44. The Labute approximate surface area is 111 Å². The molecule has 0 bridgehead atoms. The van der Waals surface area contributed by atoms with Crippen LogP contribution in [0.4, 0.5) is 4.79 Å². The molecule has 1 amide bonds. The highest BCUT2D eigenvalue weighted by Crippen LogP contribution is 2.19. The maximum atomic E-state index is 11.6. The second-order valence-corrected chi connectivity index (χ2v) is 5.88. The van der Waals surface area contributed by atoms with E-state index in [1.165, 1.54) is 18.3 Å². The first-order chi connectivity index (χ1) is 8.19.